The minimum Gasteiger partial charge on any atom is -0.408 e. The summed E-state index contributed by atoms with van der Waals surface area (Å²) < 4.78 is 4.95. The number of rotatable bonds is 3. The Balaban J connectivity index is 2.35. The van der Waals surface area contributed by atoms with Crippen molar-refractivity contribution in [3.05, 3.63) is 34.3 Å². The summed E-state index contributed by atoms with van der Waals surface area (Å²) in [4.78, 5) is 13.5. The maximum absolute atomic E-state index is 10.9. The molecule has 0 radical (unpaired) electrons. The molecular weight excluding hydrogens is 180 g/mol. The lowest BCUT2D eigenvalue weighted by molar-refractivity contribution is 0.554. The Hall–Kier alpha value is -1.55. The van der Waals surface area contributed by atoms with Gasteiger partial charge in [-0.1, -0.05) is 13.0 Å². The first-order valence-electron chi connectivity index (χ1n) is 4.62. The molecule has 0 spiro atoms. The predicted octanol–water partition coefficient (Wildman–Crippen LogP) is 1.23. The van der Waals surface area contributed by atoms with Gasteiger partial charge in [-0.3, -0.25) is 4.98 Å². The quantitative estimate of drug-likeness (QED) is 0.769. The van der Waals surface area contributed by atoms with E-state index in [1.165, 1.54) is 0 Å². The van der Waals surface area contributed by atoms with Gasteiger partial charge in [0.15, 0.2) is 5.58 Å². The van der Waals surface area contributed by atoms with Gasteiger partial charge in [-0.25, -0.2) is 4.79 Å². The normalized spacial score (nSPS) is 10.9. The topological polar surface area (TPSA) is 58.0 Å². The first-order valence-corrected chi connectivity index (χ1v) is 4.62. The van der Waals surface area contributed by atoms with Crippen LogP contribution in [-0.4, -0.2) is 11.5 Å². The molecule has 0 atom stereocenters. The SMILES string of the molecule is CCNCc1ccc2[nH]c(=O)oc2c1. The van der Waals surface area contributed by atoms with Gasteiger partial charge in [-0.2, -0.15) is 0 Å². The molecule has 4 nitrogen and oxygen atoms in total. The van der Waals surface area contributed by atoms with Gasteiger partial charge in [-0.05, 0) is 24.2 Å². The third kappa shape index (κ3) is 1.70. The maximum atomic E-state index is 10.9. The summed E-state index contributed by atoms with van der Waals surface area (Å²) in [5.41, 5.74) is 2.47. The highest BCUT2D eigenvalue weighted by Gasteiger charge is 2.01. The van der Waals surface area contributed by atoms with Crippen molar-refractivity contribution in [2.75, 3.05) is 6.54 Å². The zero-order valence-corrected chi connectivity index (χ0v) is 7.96. The summed E-state index contributed by atoms with van der Waals surface area (Å²) in [6.07, 6.45) is 0. The molecule has 14 heavy (non-hydrogen) atoms. The number of aromatic amines is 1. The number of benzene rings is 1. The molecule has 74 valence electrons. The Morgan fingerprint density at radius 3 is 3.14 bits per heavy atom. The highest BCUT2D eigenvalue weighted by atomic mass is 16.4. The van der Waals surface area contributed by atoms with Gasteiger partial charge >= 0.3 is 5.76 Å². The molecule has 0 aliphatic heterocycles. The highest BCUT2D eigenvalue weighted by Crippen LogP contribution is 2.11. The second-order valence-electron chi connectivity index (χ2n) is 3.13. The summed E-state index contributed by atoms with van der Waals surface area (Å²) in [6.45, 7) is 3.77. The molecule has 0 amide bonds. The third-order valence-corrected chi connectivity index (χ3v) is 2.06. The zero-order chi connectivity index (χ0) is 9.97. The van der Waals surface area contributed by atoms with E-state index in [-0.39, 0.29) is 0 Å². The minimum absolute atomic E-state index is 0.402. The molecule has 0 bridgehead atoms. The number of hydrogen-bond acceptors (Lipinski definition) is 3. The molecular formula is C10H12N2O2. The van der Waals surface area contributed by atoms with Crippen molar-refractivity contribution in [1.82, 2.24) is 10.3 Å². The number of H-pyrrole nitrogens is 1. The fourth-order valence-corrected chi connectivity index (χ4v) is 1.37. The summed E-state index contributed by atoms with van der Waals surface area (Å²) in [5.74, 6) is -0.402. The lowest BCUT2D eigenvalue weighted by Gasteiger charge is -2.00. The summed E-state index contributed by atoms with van der Waals surface area (Å²) in [6, 6.07) is 5.69. The van der Waals surface area contributed by atoms with Gasteiger partial charge in [-0.15, -0.1) is 0 Å². The Morgan fingerprint density at radius 1 is 1.50 bits per heavy atom. The molecule has 2 N–H and O–H groups in total. The highest BCUT2D eigenvalue weighted by molar-refractivity contribution is 5.72. The van der Waals surface area contributed by atoms with E-state index < -0.39 is 5.76 Å². The van der Waals surface area contributed by atoms with Gasteiger partial charge in [0, 0.05) is 6.54 Å². The number of hydrogen-bond donors (Lipinski definition) is 2. The fourth-order valence-electron chi connectivity index (χ4n) is 1.37. The fraction of sp³-hybridized carbons (Fsp3) is 0.300. The smallest absolute Gasteiger partial charge is 0.408 e. The lowest BCUT2D eigenvalue weighted by atomic mass is 10.2. The Bertz CT molecular complexity index is 484. The second kappa shape index (κ2) is 3.67. The maximum Gasteiger partial charge on any atom is 0.417 e. The van der Waals surface area contributed by atoms with Crippen LogP contribution < -0.4 is 11.1 Å². The third-order valence-electron chi connectivity index (χ3n) is 2.06. The molecule has 2 rings (SSSR count). The van der Waals surface area contributed by atoms with E-state index in [2.05, 4.69) is 17.2 Å². The number of oxazole rings is 1. The van der Waals surface area contributed by atoms with Crippen LogP contribution >= 0.6 is 0 Å². The van der Waals surface area contributed by atoms with Gasteiger partial charge < -0.3 is 9.73 Å². The van der Waals surface area contributed by atoms with Crippen LogP contribution in [0.1, 0.15) is 12.5 Å². The first kappa shape index (κ1) is 9.02. The van der Waals surface area contributed by atoms with Gasteiger partial charge in [0.05, 0.1) is 5.52 Å². The number of fused-ring (bicyclic) bond motifs is 1. The van der Waals surface area contributed by atoms with Crippen LogP contribution in [0.25, 0.3) is 11.1 Å². The molecule has 1 aromatic carbocycles. The van der Waals surface area contributed by atoms with Crippen LogP contribution in [0.4, 0.5) is 0 Å². The number of nitrogens with one attached hydrogen (secondary N) is 2. The van der Waals surface area contributed by atoms with Crippen molar-refractivity contribution in [2.24, 2.45) is 0 Å². The molecule has 0 aliphatic rings. The molecule has 0 fully saturated rings. The number of aromatic nitrogens is 1. The van der Waals surface area contributed by atoms with Crippen molar-refractivity contribution >= 4 is 11.1 Å². The monoisotopic (exact) mass is 192 g/mol. The molecule has 1 heterocycles. The van der Waals surface area contributed by atoms with Crippen LogP contribution in [0.5, 0.6) is 0 Å². The van der Waals surface area contributed by atoms with Gasteiger partial charge in [0.25, 0.3) is 0 Å². The molecule has 4 heteroatoms. The van der Waals surface area contributed by atoms with Crippen LogP contribution in [-0.2, 0) is 6.54 Å². The largest absolute Gasteiger partial charge is 0.417 e. The molecule has 1 aromatic heterocycles. The van der Waals surface area contributed by atoms with Crippen molar-refractivity contribution < 1.29 is 4.42 Å². The molecule has 0 aliphatic carbocycles. The molecule has 0 saturated heterocycles. The molecule has 0 saturated carbocycles. The van der Waals surface area contributed by atoms with E-state index >= 15 is 0 Å². The minimum atomic E-state index is -0.402. The van der Waals surface area contributed by atoms with E-state index in [1.54, 1.807) is 0 Å². The van der Waals surface area contributed by atoms with Crippen molar-refractivity contribution in [3.8, 4) is 0 Å². The zero-order valence-electron chi connectivity index (χ0n) is 7.96. The van der Waals surface area contributed by atoms with Gasteiger partial charge in [0.2, 0.25) is 0 Å². The van der Waals surface area contributed by atoms with Crippen molar-refractivity contribution in [1.29, 1.82) is 0 Å². The molecule has 2 aromatic rings. The molecule has 0 unspecified atom stereocenters. The van der Waals surface area contributed by atoms with Crippen LogP contribution in [0.2, 0.25) is 0 Å². The van der Waals surface area contributed by atoms with E-state index in [0.717, 1.165) is 24.2 Å². The predicted molar refractivity (Wildman–Crippen MR) is 54.2 cm³/mol. The first-order chi connectivity index (χ1) is 6.79. The Morgan fingerprint density at radius 2 is 2.36 bits per heavy atom. The van der Waals surface area contributed by atoms with Gasteiger partial charge in [0.1, 0.15) is 0 Å². The second-order valence-corrected chi connectivity index (χ2v) is 3.13. The summed E-state index contributed by atoms with van der Waals surface area (Å²) >= 11 is 0. The van der Waals surface area contributed by atoms with E-state index in [4.69, 9.17) is 4.42 Å². The van der Waals surface area contributed by atoms with Crippen molar-refractivity contribution in [3.63, 3.8) is 0 Å². The van der Waals surface area contributed by atoms with Crippen LogP contribution in [0.3, 0.4) is 0 Å². The van der Waals surface area contributed by atoms with E-state index in [9.17, 15) is 4.79 Å². The Labute approximate surface area is 80.9 Å². The van der Waals surface area contributed by atoms with Crippen LogP contribution in [0, 0.1) is 0 Å². The lowest BCUT2D eigenvalue weighted by Crippen LogP contribution is -2.11. The summed E-state index contributed by atoms with van der Waals surface area (Å²) in [7, 11) is 0. The van der Waals surface area contributed by atoms with Crippen LogP contribution in [0.15, 0.2) is 27.4 Å². The average Bonchev–Trinajstić information content (AvgIpc) is 2.54. The Kier molecular flexibility index (Phi) is 2.37. The van der Waals surface area contributed by atoms with Crippen molar-refractivity contribution in [2.45, 2.75) is 13.5 Å². The van der Waals surface area contributed by atoms with E-state index in [1.807, 2.05) is 18.2 Å². The average molecular weight is 192 g/mol. The van der Waals surface area contributed by atoms with E-state index in [0.29, 0.717) is 5.58 Å². The summed E-state index contributed by atoms with van der Waals surface area (Å²) in [5, 5.41) is 3.21. The standard InChI is InChI=1S/C10H12N2O2/c1-2-11-6-7-3-4-8-9(5-7)14-10(13)12-8/h3-5,11H,2,6H2,1H3,(H,12,13).